The van der Waals surface area contributed by atoms with E-state index in [0.29, 0.717) is 27.0 Å². The number of carbonyl (C=O) groups excluding carboxylic acids is 2. The molecule has 0 radical (unpaired) electrons. The number of thiazole rings is 1. The van der Waals surface area contributed by atoms with Crippen molar-refractivity contribution < 1.29 is 14.3 Å². The monoisotopic (exact) mass is 398 g/mol. The van der Waals surface area contributed by atoms with Gasteiger partial charge in [-0.3, -0.25) is 4.79 Å². The highest BCUT2D eigenvalue weighted by Crippen LogP contribution is 2.31. The maximum absolute atomic E-state index is 12.9. The van der Waals surface area contributed by atoms with Crippen LogP contribution in [0, 0.1) is 6.92 Å². The molecule has 1 aromatic heterocycles. The molecule has 0 spiro atoms. The van der Waals surface area contributed by atoms with Crippen LogP contribution in [0.2, 0.25) is 0 Å². The summed E-state index contributed by atoms with van der Waals surface area (Å²) < 4.78 is 5.04. The first-order valence-corrected chi connectivity index (χ1v) is 9.67. The van der Waals surface area contributed by atoms with Gasteiger partial charge in [-0.05, 0) is 44.5 Å². The summed E-state index contributed by atoms with van der Waals surface area (Å²) >= 11 is 1.10. The number of hydrogen-bond donors (Lipinski definition) is 0. The first-order valence-electron chi connectivity index (χ1n) is 8.85. The van der Waals surface area contributed by atoms with Gasteiger partial charge in [0, 0.05) is 19.8 Å². The standard InChI is InChI=1S/C20H22N4O3S/c1-6-27-19(26)17-13(3)21-20(28-17)24-18(25)16(12(2)22-24)11-14-7-9-15(10-8-14)23(4)5/h7-11H,6H2,1-5H3/b16-11+. The fraction of sp³-hybridized carbons (Fsp3) is 0.300. The van der Waals surface area contributed by atoms with Gasteiger partial charge in [-0.25, -0.2) is 9.78 Å². The summed E-state index contributed by atoms with van der Waals surface area (Å²) in [6.07, 6.45) is 1.81. The van der Waals surface area contributed by atoms with E-state index in [4.69, 9.17) is 4.74 Å². The highest BCUT2D eigenvalue weighted by atomic mass is 32.1. The molecule has 0 N–H and O–H groups in total. The van der Waals surface area contributed by atoms with Crippen molar-refractivity contribution in [1.29, 1.82) is 0 Å². The Balaban J connectivity index is 1.87. The molecular formula is C20H22N4O3S. The van der Waals surface area contributed by atoms with Crippen molar-refractivity contribution in [3.8, 4) is 0 Å². The van der Waals surface area contributed by atoms with Crippen molar-refractivity contribution in [3.05, 3.63) is 46.0 Å². The van der Waals surface area contributed by atoms with Crippen LogP contribution in [-0.2, 0) is 9.53 Å². The van der Waals surface area contributed by atoms with Crippen molar-refractivity contribution in [2.45, 2.75) is 20.8 Å². The number of aryl methyl sites for hydroxylation is 1. The Morgan fingerprint density at radius 3 is 2.54 bits per heavy atom. The molecular weight excluding hydrogens is 376 g/mol. The summed E-state index contributed by atoms with van der Waals surface area (Å²) in [5.74, 6) is -0.703. The molecule has 1 aliphatic heterocycles. The number of nitrogens with zero attached hydrogens (tertiary/aromatic N) is 4. The minimum atomic E-state index is -0.437. The van der Waals surface area contributed by atoms with Crippen molar-refractivity contribution in [2.75, 3.05) is 30.6 Å². The third-order valence-electron chi connectivity index (χ3n) is 4.21. The molecule has 146 valence electrons. The van der Waals surface area contributed by atoms with Gasteiger partial charge in [-0.2, -0.15) is 10.1 Å². The molecule has 0 unspecified atom stereocenters. The van der Waals surface area contributed by atoms with Gasteiger partial charge in [0.2, 0.25) is 5.13 Å². The van der Waals surface area contributed by atoms with Crippen LogP contribution >= 0.6 is 11.3 Å². The van der Waals surface area contributed by atoms with E-state index in [1.807, 2.05) is 49.3 Å². The highest BCUT2D eigenvalue weighted by Gasteiger charge is 2.32. The zero-order chi connectivity index (χ0) is 20.4. The Labute approximate surface area is 167 Å². The van der Waals surface area contributed by atoms with Crippen molar-refractivity contribution in [1.82, 2.24) is 4.98 Å². The summed E-state index contributed by atoms with van der Waals surface area (Å²) in [6, 6.07) is 7.90. The van der Waals surface area contributed by atoms with Gasteiger partial charge < -0.3 is 9.64 Å². The summed E-state index contributed by atoms with van der Waals surface area (Å²) in [4.78, 5) is 31.6. The number of carbonyl (C=O) groups is 2. The number of benzene rings is 1. The molecule has 7 nitrogen and oxygen atoms in total. The van der Waals surface area contributed by atoms with Crippen LogP contribution in [0.25, 0.3) is 6.08 Å². The lowest BCUT2D eigenvalue weighted by atomic mass is 10.1. The van der Waals surface area contributed by atoms with Crippen LogP contribution in [0.15, 0.2) is 34.9 Å². The topological polar surface area (TPSA) is 75.1 Å². The maximum Gasteiger partial charge on any atom is 0.350 e. The molecule has 0 aliphatic carbocycles. The van der Waals surface area contributed by atoms with E-state index < -0.39 is 5.97 Å². The third kappa shape index (κ3) is 3.82. The summed E-state index contributed by atoms with van der Waals surface area (Å²) in [5.41, 5.74) is 3.62. The minimum Gasteiger partial charge on any atom is -0.462 e. The Bertz CT molecular complexity index is 974. The highest BCUT2D eigenvalue weighted by molar-refractivity contribution is 7.17. The van der Waals surface area contributed by atoms with E-state index in [0.717, 1.165) is 22.6 Å². The summed E-state index contributed by atoms with van der Waals surface area (Å²) in [6.45, 7) is 5.52. The van der Waals surface area contributed by atoms with Crippen LogP contribution in [0.4, 0.5) is 10.8 Å². The second-order valence-corrected chi connectivity index (χ2v) is 7.46. The maximum atomic E-state index is 12.9. The number of ether oxygens (including phenoxy) is 1. The fourth-order valence-electron chi connectivity index (χ4n) is 2.71. The number of hydrogen-bond acceptors (Lipinski definition) is 7. The quantitative estimate of drug-likeness (QED) is 0.569. The minimum absolute atomic E-state index is 0.265. The summed E-state index contributed by atoms with van der Waals surface area (Å²) in [5, 5.41) is 5.95. The van der Waals surface area contributed by atoms with Crippen LogP contribution in [0.5, 0.6) is 0 Å². The number of esters is 1. The number of aromatic nitrogens is 1. The number of hydrazone groups is 1. The molecule has 2 aromatic rings. The van der Waals surface area contributed by atoms with Crippen LogP contribution in [0.3, 0.4) is 0 Å². The average molecular weight is 398 g/mol. The zero-order valence-electron chi connectivity index (χ0n) is 16.5. The van der Waals surface area contributed by atoms with E-state index >= 15 is 0 Å². The lowest BCUT2D eigenvalue weighted by Crippen LogP contribution is -2.21. The largest absolute Gasteiger partial charge is 0.462 e. The molecule has 3 rings (SSSR count). The molecule has 0 atom stereocenters. The van der Waals surface area contributed by atoms with Crippen molar-refractivity contribution >= 4 is 45.8 Å². The second kappa shape index (κ2) is 7.93. The van der Waals surface area contributed by atoms with Gasteiger partial charge in [0.05, 0.1) is 23.6 Å². The van der Waals surface area contributed by atoms with E-state index in [1.54, 1.807) is 20.8 Å². The predicted octanol–water partition coefficient (Wildman–Crippen LogP) is 3.50. The van der Waals surface area contributed by atoms with Gasteiger partial charge in [0.15, 0.2) is 0 Å². The predicted molar refractivity (Wildman–Crippen MR) is 112 cm³/mol. The molecule has 1 aliphatic rings. The Kier molecular flexibility index (Phi) is 5.60. The summed E-state index contributed by atoms with van der Waals surface area (Å²) in [7, 11) is 3.95. The lowest BCUT2D eigenvalue weighted by molar-refractivity contribution is -0.114. The molecule has 8 heteroatoms. The molecule has 2 heterocycles. The number of anilines is 2. The Hall–Kier alpha value is -3.00. The van der Waals surface area contributed by atoms with Crippen LogP contribution < -0.4 is 9.91 Å². The lowest BCUT2D eigenvalue weighted by Gasteiger charge is -2.12. The van der Waals surface area contributed by atoms with Crippen molar-refractivity contribution in [2.24, 2.45) is 5.10 Å². The Morgan fingerprint density at radius 1 is 1.25 bits per heavy atom. The first-order chi connectivity index (χ1) is 13.3. The second-order valence-electron chi connectivity index (χ2n) is 6.48. The molecule has 0 bridgehead atoms. The van der Waals surface area contributed by atoms with Gasteiger partial charge in [-0.15, -0.1) is 0 Å². The normalized spacial score (nSPS) is 15.2. The van der Waals surface area contributed by atoms with Gasteiger partial charge in [-0.1, -0.05) is 23.5 Å². The molecule has 0 saturated heterocycles. The third-order valence-corrected chi connectivity index (χ3v) is 5.32. The van der Waals surface area contributed by atoms with E-state index in [1.165, 1.54) is 5.01 Å². The average Bonchev–Trinajstić information content (AvgIpc) is 3.17. The molecule has 28 heavy (non-hydrogen) atoms. The molecule has 0 fully saturated rings. The fourth-order valence-corrected chi connectivity index (χ4v) is 3.62. The Morgan fingerprint density at radius 2 is 1.93 bits per heavy atom. The SMILES string of the molecule is CCOC(=O)c1sc(N2N=C(C)/C(=C\c3ccc(N(C)C)cc3)C2=O)nc1C. The smallest absolute Gasteiger partial charge is 0.350 e. The van der Waals surface area contributed by atoms with Crippen LogP contribution in [0.1, 0.15) is 34.8 Å². The molecule has 0 saturated carbocycles. The molecule has 1 aromatic carbocycles. The van der Waals surface area contributed by atoms with E-state index in [2.05, 4.69) is 10.1 Å². The number of amides is 1. The molecule has 1 amide bonds. The van der Waals surface area contributed by atoms with E-state index in [-0.39, 0.29) is 12.5 Å². The van der Waals surface area contributed by atoms with Crippen LogP contribution in [-0.4, -0.2) is 43.3 Å². The zero-order valence-corrected chi connectivity index (χ0v) is 17.3. The van der Waals surface area contributed by atoms with E-state index in [9.17, 15) is 9.59 Å². The number of rotatable bonds is 5. The van der Waals surface area contributed by atoms with Gasteiger partial charge in [0.25, 0.3) is 5.91 Å². The van der Waals surface area contributed by atoms with Gasteiger partial charge in [0.1, 0.15) is 4.88 Å². The van der Waals surface area contributed by atoms with Crippen molar-refractivity contribution in [3.63, 3.8) is 0 Å². The first kappa shape index (κ1) is 19.8. The van der Waals surface area contributed by atoms with Gasteiger partial charge >= 0.3 is 5.97 Å².